The van der Waals surface area contributed by atoms with Crippen LogP contribution in [0.2, 0.25) is 0 Å². The third-order valence-corrected chi connectivity index (χ3v) is 9.76. The molecule has 1 aliphatic carbocycles. The molecule has 2 N–H and O–H groups in total. The summed E-state index contributed by atoms with van der Waals surface area (Å²) >= 11 is 2.65. The van der Waals surface area contributed by atoms with Crippen LogP contribution in [0.4, 0.5) is 11.4 Å². The summed E-state index contributed by atoms with van der Waals surface area (Å²) in [5, 5.41) is 1.66. The molecule has 0 atom stereocenters. The van der Waals surface area contributed by atoms with E-state index in [2.05, 4.69) is 15.5 Å². The van der Waals surface area contributed by atoms with Crippen LogP contribution in [0.1, 0.15) is 68.8 Å². The van der Waals surface area contributed by atoms with E-state index in [0.29, 0.717) is 12.1 Å². The summed E-state index contributed by atoms with van der Waals surface area (Å²) in [6, 6.07) is 7.74. The van der Waals surface area contributed by atoms with Gasteiger partial charge in [-0.2, -0.15) is 0 Å². The Kier molecular flexibility index (Phi) is 6.39. The smallest absolute Gasteiger partial charge is 0.259 e. The zero-order valence-electron chi connectivity index (χ0n) is 19.0. The molecule has 0 radical (unpaired) electrons. The molecule has 0 unspecified atom stereocenters. The summed E-state index contributed by atoms with van der Waals surface area (Å²) in [5.41, 5.74) is 3.06. The van der Waals surface area contributed by atoms with E-state index in [1.165, 1.54) is 30.9 Å². The maximum absolute atomic E-state index is 13.6. The Morgan fingerprint density at radius 3 is 2.53 bits per heavy atom. The average Bonchev–Trinajstić information content (AvgIpc) is 3.32. The first-order chi connectivity index (χ1) is 15.0. The number of carbonyl (C=O) groups is 1. The fraction of sp³-hybridized carbons (Fsp3) is 0.522. The van der Waals surface area contributed by atoms with Crippen LogP contribution in [0.5, 0.6) is 0 Å². The molecule has 2 heterocycles. The Bertz CT molecular complexity index is 1110. The molecule has 1 spiro atoms. The zero-order valence-corrected chi connectivity index (χ0v) is 21.5. The number of nitrogens with one attached hydrogen (secondary N) is 2. The highest BCUT2D eigenvalue weighted by Crippen LogP contribution is 2.50. The molecule has 1 amide bonds. The van der Waals surface area contributed by atoms with Gasteiger partial charge in [0, 0.05) is 40.5 Å². The maximum atomic E-state index is 13.6. The highest BCUT2D eigenvalue weighted by atomic mass is 32.2. The molecule has 2 aromatic rings. The monoisotopic (exact) mass is 493 g/mol. The molecule has 1 saturated carbocycles. The second-order valence-electron chi connectivity index (χ2n) is 9.78. The standard InChI is InChI=1S/C23H31N3O3S3/c1-22(2,3)25-32(28,29)20-12-16(14-31-20)21(27)26-15-23(10-6-5-7-11-23)18-13-17(24-30-4)8-9-19(18)26/h8-9,12-14,24-25H,5-7,10-11,15H2,1-4H3. The van der Waals surface area contributed by atoms with E-state index in [4.69, 9.17) is 0 Å². The molecule has 6 nitrogen and oxygen atoms in total. The minimum Gasteiger partial charge on any atom is -0.330 e. The molecule has 1 aliphatic heterocycles. The third-order valence-electron chi connectivity index (χ3n) is 6.12. The van der Waals surface area contributed by atoms with Gasteiger partial charge in [0.05, 0.1) is 5.56 Å². The van der Waals surface area contributed by atoms with Crippen LogP contribution in [0.25, 0.3) is 0 Å². The topological polar surface area (TPSA) is 78.5 Å². The first-order valence-corrected chi connectivity index (χ1v) is 14.5. The predicted octanol–water partition coefficient (Wildman–Crippen LogP) is 5.38. The van der Waals surface area contributed by atoms with E-state index in [1.807, 2.05) is 23.3 Å². The lowest BCUT2D eigenvalue weighted by Crippen LogP contribution is -2.40. The SMILES string of the molecule is CSNc1ccc2c(c1)C1(CCCCC1)CN2C(=O)c1csc(S(=O)(=O)NC(C)(C)C)c1. The third kappa shape index (κ3) is 4.58. The summed E-state index contributed by atoms with van der Waals surface area (Å²) in [6.07, 6.45) is 7.72. The summed E-state index contributed by atoms with van der Waals surface area (Å²) in [4.78, 5) is 15.4. The summed E-state index contributed by atoms with van der Waals surface area (Å²) in [6.45, 7) is 6.06. The van der Waals surface area contributed by atoms with Crippen LogP contribution in [0.3, 0.4) is 0 Å². The number of sulfonamides is 1. The van der Waals surface area contributed by atoms with Crippen molar-refractivity contribution in [2.75, 3.05) is 22.4 Å². The Balaban J connectivity index is 1.66. The number of nitrogens with zero attached hydrogens (tertiary/aromatic N) is 1. The van der Waals surface area contributed by atoms with Crippen molar-refractivity contribution >= 4 is 50.6 Å². The van der Waals surface area contributed by atoms with Gasteiger partial charge in [-0.05, 0) is 63.4 Å². The van der Waals surface area contributed by atoms with E-state index in [9.17, 15) is 13.2 Å². The average molecular weight is 494 g/mol. The van der Waals surface area contributed by atoms with Gasteiger partial charge in [0.2, 0.25) is 0 Å². The van der Waals surface area contributed by atoms with Crippen molar-refractivity contribution in [1.29, 1.82) is 0 Å². The highest BCUT2D eigenvalue weighted by molar-refractivity contribution is 7.99. The molecule has 9 heteroatoms. The van der Waals surface area contributed by atoms with Crippen molar-refractivity contribution < 1.29 is 13.2 Å². The molecule has 1 aromatic carbocycles. The molecule has 2 aliphatic rings. The Morgan fingerprint density at radius 1 is 1.16 bits per heavy atom. The van der Waals surface area contributed by atoms with Gasteiger partial charge in [0.25, 0.3) is 15.9 Å². The van der Waals surface area contributed by atoms with Gasteiger partial charge < -0.3 is 9.62 Å². The number of carbonyl (C=O) groups excluding carboxylic acids is 1. The lowest BCUT2D eigenvalue weighted by atomic mass is 9.70. The first kappa shape index (κ1) is 23.6. The fourth-order valence-electron chi connectivity index (χ4n) is 4.87. The highest BCUT2D eigenvalue weighted by Gasteiger charge is 2.45. The van der Waals surface area contributed by atoms with Crippen molar-refractivity contribution in [3.8, 4) is 0 Å². The lowest BCUT2D eigenvalue weighted by Gasteiger charge is -2.34. The normalized spacial score (nSPS) is 18.1. The largest absolute Gasteiger partial charge is 0.330 e. The molecule has 4 rings (SSSR count). The van der Waals surface area contributed by atoms with Crippen molar-refractivity contribution in [1.82, 2.24) is 4.72 Å². The lowest BCUT2D eigenvalue weighted by molar-refractivity contribution is 0.0982. The van der Waals surface area contributed by atoms with Gasteiger partial charge in [-0.15, -0.1) is 11.3 Å². The molecule has 0 saturated heterocycles. The maximum Gasteiger partial charge on any atom is 0.259 e. The van der Waals surface area contributed by atoms with Crippen LogP contribution in [0.15, 0.2) is 33.9 Å². The van der Waals surface area contributed by atoms with E-state index < -0.39 is 15.6 Å². The van der Waals surface area contributed by atoms with E-state index in [1.54, 1.807) is 38.1 Å². The van der Waals surface area contributed by atoms with Crippen molar-refractivity contribution in [3.63, 3.8) is 0 Å². The van der Waals surface area contributed by atoms with Crippen molar-refractivity contribution in [3.05, 3.63) is 40.8 Å². The predicted molar refractivity (Wildman–Crippen MR) is 134 cm³/mol. The summed E-state index contributed by atoms with van der Waals surface area (Å²) in [7, 11) is -3.67. The van der Waals surface area contributed by atoms with Crippen LogP contribution in [-0.4, -0.2) is 32.7 Å². The number of benzene rings is 1. The van der Waals surface area contributed by atoms with Crippen molar-refractivity contribution in [2.45, 2.75) is 68.0 Å². The van der Waals surface area contributed by atoms with E-state index in [-0.39, 0.29) is 15.5 Å². The Hall–Kier alpha value is -1.55. The minimum atomic E-state index is -3.67. The minimum absolute atomic E-state index is 0.0158. The van der Waals surface area contributed by atoms with Gasteiger partial charge in [0.15, 0.2) is 0 Å². The number of fused-ring (bicyclic) bond motifs is 2. The molecular weight excluding hydrogens is 462 g/mol. The second-order valence-corrected chi connectivity index (χ2v) is 13.2. The number of rotatable bonds is 5. The quantitative estimate of drug-likeness (QED) is 0.547. The Morgan fingerprint density at radius 2 is 1.88 bits per heavy atom. The molecular formula is C23H31N3O3S3. The molecule has 0 bridgehead atoms. The van der Waals surface area contributed by atoms with Crippen LogP contribution < -0.4 is 14.3 Å². The fourth-order valence-corrected chi connectivity index (χ4v) is 7.80. The first-order valence-electron chi connectivity index (χ1n) is 10.9. The van der Waals surface area contributed by atoms with Crippen LogP contribution in [-0.2, 0) is 15.4 Å². The number of amides is 1. The number of anilines is 2. The van der Waals surface area contributed by atoms with Gasteiger partial charge in [-0.25, -0.2) is 13.1 Å². The molecule has 174 valence electrons. The van der Waals surface area contributed by atoms with Crippen molar-refractivity contribution in [2.24, 2.45) is 0 Å². The summed E-state index contributed by atoms with van der Waals surface area (Å²) < 4.78 is 31.6. The van der Waals surface area contributed by atoms with E-state index >= 15 is 0 Å². The van der Waals surface area contributed by atoms with Gasteiger partial charge >= 0.3 is 0 Å². The van der Waals surface area contributed by atoms with Crippen LogP contribution >= 0.6 is 23.3 Å². The summed E-state index contributed by atoms with van der Waals surface area (Å²) in [5.74, 6) is -0.132. The number of hydrogen-bond donors (Lipinski definition) is 2. The van der Waals surface area contributed by atoms with Gasteiger partial charge in [-0.1, -0.05) is 31.2 Å². The molecule has 32 heavy (non-hydrogen) atoms. The van der Waals surface area contributed by atoms with Gasteiger partial charge in [-0.3, -0.25) is 4.79 Å². The zero-order chi connectivity index (χ0) is 23.1. The Labute approximate surface area is 199 Å². The number of thiophene rings is 1. The second kappa shape index (κ2) is 8.66. The van der Waals surface area contributed by atoms with Gasteiger partial charge in [0.1, 0.15) is 4.21 Å². The van der Waals surface area contributed by atoms with Crippen LogP contribution in [0, 0.1) is 0 Å². The molecule has 1 aromatic heterocycles. The van der Waals surface area contributed by atoms with E-state index in [0.717, 1.165) is 35.6 Å². The number of hydrogen-bond acceptors (Lipinski definition) is 6. The molecule has 1 fully saturated rings.